The lowest BCUT2D eigenvalue weighted by Gasteiger charge is -2.11. The number of nitriles is 1. The first-order valence-corrected chi connectivity index (χ1v) is 6.22. The number of rotatable bonds is 3. The van der Waals surface area contributed by atoms with Gasteiger partial charge in [0, 0.05) is 12.7 Å². The van der Waals surface area contributed by atoms with Gasteiger partial charge < -0.3 is 5.32 Å². The Hall–Kier alpha value is -1.21. The molecule has 1 unspecified atom stereocenters. The molecule has 1 atom stereocenters. The van der Waals surface area contributed by atoms with E-state index in [0.29, 0.717) is 5.69 Å². The molecular weight excluding hydrogens is 206 g/mol. The van der Waals surface area contributed by atoms with Crippen LogP contribution in [0.4, 0.5) is 5.69 Å². The molecule has 1 fully saturated rings. The van der Waals surface area contributed by atoms with Crippen molar-refractivity contribution in [3.8, 4) is 6.07 Å². The summed E-state index contributed by atoms with van der Waals surface area (Å²) in [6.07, 6.45) is 2.93. The third kappa shape index (κ3) is 2.63. The quantitative estimate of drug-likeness (QED) is 0.846. The summed E-state index contributed by atoms with van der Waals surface area (Å²) in [6, 6.07) is 5.86. The predicted molar refractivity (Wildman–Crippen MR) is 62.9 cm³/mol. The van der Waals surface area contributed by atoms with E-state index in [2.05, 4.69) is 16.4 Å². The van der Waals surface area contributed by atoms with Crippen LogP contribution in [-0.2, 0) is 0 Å². The van der Waals surface area contributed by atoms with Gasteiger partial charge in [-0.3, -0.25) is 0 Å². The van der Waals surface area contributed by atoms with E-state index < -0.39 is 0 Å². The van der Waals surface area contributed by atoms with Gasteiger partial charge >= 0.3 is 0 Å². The first kappa shape index (κ1) is 10.3. The van der Waals surface area contributed by atoms with Gasteiger partial charge in [0.1, 0.15) is 6.07 Å². The van der Waals surface area contributed by atoms with Gasteiger partial charge in [-0.15, -0.1) is 0 Å². The van der Waals surface area contributed by atoms with Crippen LogP contribution in [0, 0.1) is 17.2 Å². The highest BCUT2D eigenvalue weighted by atomic mass is 32.2. The Balaban J connectivity index is 1.95. The number of anilines is 1. The molecule has 1 N–H and O–H groups in total. The summed E-state index contributed by atoms with van der Waals surface area (Å²) in [5.41, 5.74) is 1.35. The van der Waals surface area contributed by atoms with Gasteiger partial charge in [0.05, 0.1) is 5.69 Å². The van der Waals surface area contributed by atoms with Crippen LogP contribution in [0.2, 0.25) is 0 Å². The van der Waals surface area contributed by atoms with Crippen molar-refractivity contribution < 1.29 is 0 Å². The molecule has 0 bridgehead atoms. The number of pyridine rings is 1. The topological polar surface area (TPSA) is 48.7 Å². The molecule has 1 aromatic rings. The highest BCUT2D eigenvalue weighted by Gasteiger charge is 2.15. The number of aromatic nitrogens is 1. The lowest BCUT2D eigenvalue weighted by molar-refractivity contribution is 0.631. The molecular formula is C11H13N3S. The third-order valence-corrected chi connectivity index (χ3v) is 3.75. The van der Waals surface area contributed by atoms with Crippen LogP contribution in [0.25, 0.3) is 0 Å². The second kappa shape index (κ2) is 5.04. The van der Waals surface area contributed by atoms with Crippen LogP contribution in [0.3, 0.4) is 0 Å². The van der Waals surface area contributed by atoms with Crippen LogP contribution in [-0.4, -0.2) is 23.0 Å². The van der Waals surface area contributed by atoms with E-state index in [1.54, 1.807) is 6.20 Å². The van der Waals surface area contributed by atoms with Crippen LogP contribution >= 0.6 is 11.8 Å². The molecule has 1 aliphatic heterocycles. The van der Waals surface area contributed by atoms with E-state index in [9.17, 15) is 0 Å². The van der Waals surface area contributed by atoms with Crippen molar-refractivity contribution in [2.45, 2.75) is 6.42 Å². The van der Waals surface area contributed by atoms with Gasteiger partial charge in [0.15, 0.2) is 5.69 Å². The predicted octanol–water partition coefficient (Wildman–Crippen LogP) is 2.12. The summed E-state index contributed by atoms with van der Waals surface area (Å²) in [5, 5.41) is 12.2. The smallest absolute Gasteiger partial charge is 0.163 e. The molecule has 4 heteroatoms. The van der Waals surface area contributed by atoms with Crippen molar-refractivity contribution in [1.82, 2.24) is 4.98 Å². The van der Waals surface area contributed by atoms with Gasteiger partial charge in [0.2, 0.25) is 0 Å². The molecule has 1 aromatic heterocycles. The Bertz CT molecular complexity index is 366. The number of hydrogen-bond acceptors (Lipinski definition) is 4. The zero-order valence-corrected chi connectivity index (χ0v) is 9.26. The van der Waals surface area contributed by atoms with Gasteiger partial charge in [0.25, 0.3) is 0 Å². The minimum Gasteiger partial charge on any atom is -0.382 e. The minimum atomic E-state index is 0.489. The molecule has 0 radical (unpaired) electrons. The fourth-order valence-electron chi connectivity index (χ4n) is 1.64. The summed E-state index contributed by atoms with van der Waals surface area (Å²) in [7, 11) is 0. The standard InChI is InChI=1S/C11H13N3S/c12-6-11-10(2-1-4-13-11)14-7-9-3-5-15-8-9/h1-2,4,9,14H,3,5,7-8H2. The van der Waals surface area contributed by atoms with Crippen molar-refractivity contribution in [3.05, 3.63) is 24.0 Å². The summed E-state index contributed by atoms with van der Waals surface area (Å²) >= 11 is 2.01. The molecule has 2 heterocycles. The van der Waals surface area contributed by atoms with Gasteiger partial charge in [-0.2, -0.15) is 17.0 Å². The third-order valence-electron chi connectivity index (χ3n) is 2.52. The highest BCUT2D eigenvalue weighted by Crippen LogP contribution is 2.24. The molecule has 0 spiro atoms. The zero-order valence-electron chi connectivity index (χ0n) is 8.44. The van der Waals surface area contributed by atoms with Crippen LogP contribution in [0.5, 0.6) is 0 Å². The van der Waals surface area contributed by atoms with Crippen molar-refractivity contribution in [1.29, 1.82) is 5.26 Å². The maximum absolute atomic E-state index is 8.85. The molecule has 2 rings (SSSR count). The monoisotopic (exact) mass is 219 g/mol. The molecule has 1 aliphatic rings. The summed E-state index contributed by atoms with van der Waals surface area (Å²) < 4.78 is 0. The van der Waals surface area contributed by atoms with E-state index in [4.69, 9.17) is 5.26 Å². The second-order valence-electron chi connectivity index (χ2n) is 3.62. The Kier molecular flexibility index (Phi) is 3.46. The average molecular weight is 219 g/mol. The van der Waals surface area contributed by atoms with Gasteiger partial charge in [-0.1, -0.05) is 0 Å². The Morgan fingerprint density at radius 1 is 1.67 bits per heavy atom. The SMILES string of the molecule is N#Cc1ncccc1NCC1CCSC1. The number of nitrogens with zero attached hydrogens (tertiary/aromatic N) is 2. The summed E-state index contributed by atoms with van der Waals surface area (Å²) in [6.45, 7) is 0.952. The van der Waals surface area contributed by atoms with E-state index in [0.717, 1.165) is 18.2 Å². The fraction of sp³-hybridized carbons (Fsp3) is 0.455. The Labute approximate surface area is 93.9 Å². The van der Waals surface area contributed by atoms with Gasteiger partial charge in [-0.25, -0.2) is 4.98 Å². The first-order chi connectivity index (χ1) is 7.40. The number of thioether (sulfide) groups is 1. The van der Waals surface area contributed by atoms with Crippen molar-refractivity contribution in [2.24, 2.45) is 5.92 Å². The fourth-order valence-corrected chi connectivity index (χ4v) is 2.92. The normalized spacial score (nSPS) is 19.8. The first-order valence-electron chi connectivity index (χ1n) is 5.07. The van der Waals surface area contributed by atoms with Crippen molar-refractivity contribution in [2.75, 3.05) is 23.4 Å². The van der Waals surface area contributed by atoms with Gasteiger partial charge in [-0.05, 0) is 36.0 Å². The molecule has 3 nitrogen and oxygen atoms in total. The lowest BCUT2D eigenvalue weighted by atomic mass is 10.1. The Morgan fingerprint density at radius 3 is 3.33 bits per heavy atom. The summed E-state index contributed by atoms with van der Waals surface area (Å²) in [4.78, 5) is 4.01. The molecule has 0 amide bonds. The maximum Gasteiger partial charge on any atom is 0.163 e. The molecule has 78 valence electrons. The number of nitrogens with one attached hydrogen (secondary N) is 1. The van der Waals surface area contributed by atoms with Crippen LogP contribution < -0.4 is 5.32 Å². The summed E-state index contributed by atoms with van der Waals surface area (Å²) in [5.74, 6) is 3.24. The molecule has 1 saturated heterocycles. The van der Waals surface area contributed by atoms with E-state index in [1.807, 2.05) is 23.9 Å². The molecule has 15 heavy (non-hydrogen) atoms. The molecule has 0 saturated carbocycles. The van der Waals surface area contributed by atoms with E-state index in [-0.39, 0.29) is 0 Å². The highest BCUT2D eigenvalue weighted by molar-refractivity contribution is 7.99. The molecule has 0 aromatic carbocycles. The van der Waals surface area contributed by atoms with E-state index in [1.165, 1.54) is 17.9 Å². The largest absolute Gasteiger partial charge is 0.382 e. The lowest BCUT2D eigenvalue weighted by Crippen LogP contribution is -2.14. The number of hydrogen-bond donors (Lipinski definition) is 1. The van der Waals surface area contributed by atoms with Crippen LogP contribution in [0.1, 0.15) is 12.1 Å². The Morgan fingerprint density at radius 2 is 2.60 bits per heavy atom. The average Bonchev–Trinajstić information content (AvgIpc) is 2.79. The second-order valence-corrected chi connectivity index (χ2v) is 4.77. The van der Waals surface area contributed by atoms with Crippen molar-refractivity contribution in [3.63, 3.8) is 0 Å². The van der Waals surface area contributed by atoms with Crippen molar-refractivity contribution >= 4 is 17.4 Å². The van der Waals surface area contributed by atoms with E-state index >= 15 is 0 Å². The molecule has 0 aliphatic carbocycles. The zero-order chi connectivity index (χ0) is 10.5. The minimum absolute atomic E-state index is 0.489. The maximum atomic E-state index is 8.85. The van der Waals surface area contributed by atoms with Crippen LogP contribution in [0.15, 0.2) is 18.3 Å².